The van der Waals surface area contributed by atoms with Crippen LogP contribution in [0.25, 0.3) is 0 Å². The molecule has 1 N–H and O–H groups in total. The maximum Gasteiger partial charge on any atom is 0.0832 e. The van der Waals surface area contributed by atoms with E-state index in [2.05, 4.69) is 21.0 Å². The number of benzene rings is 1. The fraction of sp³-hybridized carbons (Fsp3) is 0.250. The molecule has 5 heteroatoms. The molecule has 17 heavy (non-hydrogen) atoms. The van der Waals surface area contributed by atoms with Crippen molar-refractivity contribution >= 4 is 27.5 Å². The molecule has 3 nitrogen and oxygen atoms in total. The van der Waals surface area contributed by atoms with Crippen molar-refractivity contribution in [3.05, 3.63) is 51.2 Å². The summed E-state index contributed by atoms with van der Waals surface area (Å²) < 4.78 is 2.55. The molecular weight excluding hydrogens is 304 g/mol. The maximum absolute atomic E-state index is 10.1. The molecule has 0 fully saturated rings. The Bertz CT molecular complexity index is 527. The average molecular weight is 316 g/mol. The Morgan fingerprint density at radius 3 is 2.88 bits per heavy atom. The standard InChI is InChI=1S/C12H12BrClN2O/c1-16-7-8(6-15-16)4-12(17)9-2-3-10(13)11(14)5-9/h2-3,5-7,12,17H,4H2,1H3. The second-order valence-electron chi connectivity index (χ2n) is 3.92. The van der Waals surface area contributed by atoms with Crippen molar-refractivity contribution in [2.24, 2.45) is 7.05 Å². The van der Waals surface area contributed by atoms with E-state index in [4.69, 9.17) is 11.6 Å². The molecule has 0 aliphatic heterocycles. The van der Waals surface area contributed by atoms with Crippen molar-refractivity contribution in [1.82, 2.24) is 9.78 Å². The quantitative estimate of drug-likeness (QED) is 0.945. The highest BCUT2D eigenvalue weighted by Crippen LogP contribution is 2.27. The summed E-state index contributed by atoms with van der Waals surface area (Å²) in [4.78, 5) is 0. The Hall–Kier alpha value is -0.840. The van der Waals surface area contributed by atoms with Gasteiger partial charge >= 0.3 is 0 Å². The first-order valence-corrected chi connectivity index (χ1v) is 6.34. The average Bonchev–Trinajstić information content (AvgIpc) is 2.68. The molecule has 0 aliphatic rings. The van der Waals surface area contributed by atoms with Crippen molar-refractivity contribution in [2.45, 2.75) is 12.5 Å². The van der Waals surface area contributed by atoms with Crippen LogP contribution in [0.3, 0.4) is 0 Å². The van der Waals surface area contributed by atoms with E-state index in [9.17, 15) is 5.11 Å². The molecule has 1 atom stereocenters. The van der Waals surface area contributed by atoms with Gasteiger partial charge in [0.05, 0.1) is 17.3 Å². The number of hydrogen-bond donors (Lipinski definition) is 1. The summed E-state index contributed by atoms with van der Waals surface area (Å²) in [5, 5.41) is 14.8. The molecule has 2 rings (SSSR count). The number of nitrogens with zero attached hydrogens (tertiary/aromatic N) is 2. The Balaban J connectivity index is 2.14. The summed E-state index contributed by atoms with van der Waals surface area (Å²) in [7, 11) is 1.85. The van der Waals surface area contributed by atoms with E-state index in [1.54, 1.807) is 16.9 Å². The zero-order valence-electron chi connectivity index (χ0n) is 9.27. The van der Waals surface area contributed by atoms with Crippen molar-refractivity contribution in [3.63, 3.8) is 0 Å². The monoisotopic (exact) mass is 314 g/mol. The number of aromatic nitrogens is 2. The van der Waals surface area contributed by atoms with E-state index in [0.29, 0.717) is 11.4 Å². The van der Waals surface area contributed by atoms with Crippen LogP contribution in [-0.2, 0) is 13.5 Å². The fourth-order valence-electron chi connectivity index (χ4n) is 1.64. The smallest absolute Gasteiger partial charge is 0.0832 e. The third kappa shape index (κ3) is 3.09. The number of halogens is 2. The first-order valence-electron chi connectivity index (χ1n) is 5.17. The second kappa shape index (κ2) is 5.21. The SMILES string of the molecule is Cn1cc(CC(O)c2ccc(Br)c(Cl)c2)cn1. The molecular formula is C12H12BrClN2O. The van der Waals surface area contributed by atoms with Gasteiger partial charge in [0.25, 0.3) is 0 Å². The lowest BCUT2D eigenvalue weighted by molar-refractivity contribution is 0.178. The van der Waals surface area contributed by atoms with Crippen LogP contribution < -0.4 is 0 Å². The van der Waals surface area contributed by atoms with Gasteiger partial charge in [-0.25, -0.2) is 0 Å². The largest absolute Gasteiger partial charge is 0.388 e. The predicted molar refractivity (Wildman–Crippen MR) is 71.0 cm³/mol. The molecule has 1 unspecified atom stereocenters. The van der Waals surface area contributed by atoms with E-state index in [1.165, 1.54) is 0 Å². The summed E-state index contributed by atoms with van der Waals surface area (Å²) in [6, 6.07) is 5.47. The minimum absolute atomic E-state index is 0.534. The fourth-order valence-corrected chi connectivity index (χ4v) is 2.07. The molecule has 0 aliphatic carbocycles. The molecule has 0 bridgehead atoms. The number of hydrogen-bond acceptors (Lipinski definition) is 2. The number of aliphatic hydroxyl groups is 1. The van der Waals surface area contributed by atoms with Crippen LogP contribution >= 0.6 is 27.5 Å². The van der Waals surface area contributed by atoms with Gasteiger partial charge in [-0.05, 0) is 39.2 Å². The van der Waals surface area contributed by atoms with E-state index < -0.39 is 6.10 Å². The summed E-state index contributed by atoms with van der Waals surface area (Å²) >= 11 is 9.31. The highest BCUT2D eigenvalue weighted by molar-refractivity contribution is 9.10. The molecule has 0 spiro atoms. The molecule has 0 saturated carbocycles. The third-order valence-electron chi connectivity index (χ3n) is 2.52. The van der Waals surface area contributed by atoms with Crippen molar-refractivity contribution in [1.29, 1.82) is 0 Å². The van der Waals surface area contributed by atoms with Crippen molar-refractivity contribution in [2.75, 3.05) is 0 Å². The molecule has 1 aromatic heterocycles. The lowest BCUT2D eigenvalue weighted by Gasteiger charge is -2.10. The maximum atomic E-state index is 10.1. The number of rotatable bonds is 3. The minimum atomic E-state index is -0.565. The second-order valence-corrected chi connectivity index (χ2v) is 5.18. The van der Waals surface area contributed by atoms with Gasteiger partial charge < -0.3 is 5.11 Å². The van der Waals surface area contributed by atoms with Gasteiger partial charge in [-0.15, -0.1) is 0 Å². The van der Waals surface area contributed by atoms with Gasteiger partial charge in [-0.1, -0.05) is 17.7 Å². The van der Waals surface area contributed by atoms with Crippen molar-refractivity contribution in [3.8, 4) is 0 Å². The zero-order valence-corrected chi connectivity index (χ0v) is 11.6. The highest BCUT2D eigenvalue weighted by Gasteiger charge is 2.11. The van der Waals surface area contributed by atoms with Crippen LogP contribution in [0.1, 0.15) is 17.2 Å². The molecule has 0 amide bonds. The normalized spacial score (nSPS) is 12.7. The molecule has 0 saturated heterocycles. The van der Waals surface area contributed by atoms with E-state index in [1.807, 2.05) is 25.4 Å². The Labute approximate surface area is 113 Å². The van der Waals surface area contributed by atoms with Crippen LogP contribution in [0.5, 0.6) is 0 Å². The van der Waals surface area contributed by atoms with Crippen LogP contribution in [0.4, 0.5) is 0 Å². The van der Waals surface area contributed by atoms with Crippen molar-refractivity contribution < 1.29 is 5.11 Å². The molecule has 90 valence electrons. The Kier molecular flexibility index (Phi) is 3.86. The summed E-state index contributed by atoms with van der Waals surface area (Å²) in [6.45, 7) is 0. The van der Waals surface area contributed by atoms with Crippen LogP contribution in [0, 0.1) is 0 Å². The Morgan fingerprint density at radius 2 is 2.29 bits per heavy atom. The summed E-state index contributed by atoms with van der Waals surface area (Å²) in [5.41, 5.74) is 1.81. The van der Waals surface area contributed by atoms with Crippen LogP contribution in [0.15, 0.2) is 35.1 Å². The topological polar surface area (TPSA) is 38.0 Å². The third-order valence-corrected chi connectivity index (χ3v) is 3.75. The van der Waals surface area contributed by atoms with E-state index >= 15 is 0 Å². The lowest BCUT2D eigenvalue weighted by Crippen LogP contribution is -2.01. The number of aryl methyl sites for hydroxylation is 1. The minimum Gasteiger partial charge on any atom is -0.388 e. The highest BCUT2D eigenvalue weighted by atomic mass is 79.9. The first kappa shape index (κ1) is 12.6. The summed E-state index contributed by atoms with van der Waals surface area (Å²) in [5.74, 6) is 0. The lowest BCUT2D eigenvalue weighted by atomic mass is 10.0. The van der Waals surface area contributed by atoms with Gasteiger partial charge in [0.2, 0.25) is 0 Å². The van der Waals surface area contributed by atoms with Crippen LogP contribution in [0.2, 0.25) is 5.02 Å². The van der Waals surface area contributed by atoms with E-state index in [0.717, 1.165) is 15.6 Å². The van der Waals surface area contributed by atoms with Gasteiger partial charge in [-0.3, -0.25) is 4.68 Å². The predicted octanol–water partition coefficient (Wildman–Crippen LogP) is 3.11. The van der Waals surface area contributed by atoms with Gasteiger partial charge in [0.1, 0.15) is 0 Å². The molecule has 2 aromatic rings. The van der Waals surface area contributed by atoms with Gasteiger partial charge in [0.15, 0.2) is 0 Å². The first-order chi connectivity index (χ1) is 8.06. The Morgan fingerprint density at radius 1 is 1.53 bits per heavy atom. The molecule has 1 aromatic carbocycles. The molecule has 1 heterocycles. The van der Waals surface area contributed by atoms with E-state index in [-0.39, 0.29) is 0 Å². The number of aliphatic hydroxyl groups excluding tert-OH is 1. The van der Waals surface area contributed by atoms with Crippen LogP contribution in [-0.4, -0.2) is 14.9 Å². The molecule has 0 radical (unpaired) electrons. The zero-order chi connectivity index (χ0) is 12.4. The van der Waals surface area contributed by atoms with Gasteiger partial charge in [0, 0.05) is 24.1 Å². The summed E-state index contributed by atoms with van der Waals surface area (Å²) in [6.07, 6.45) is 3.61. The van der Waals surface area contributed by atoms with Gasteiger partial charge in [-0.2, -0.15) is 5.10 Å².